The summed E-state index contributed by atoms with van der Waals surface area (Å²) < 4.78 is 30.2. The number of carbonyl (C=O) groups is 1. The van der Waals surface area contributed by atoms with Crippen molar-refractivity contribution in [3.8, 4) is 0 Å². The molecule has 0 N–H and O–H groups in total. The number of sulfonamides is 1. The van der Waals surface area contributed by atoms with Crippen molar-refractivity contribution in [1.82, 2.24) is 0 Å². The van der Waals surface area contributed by atoms with E-state index in [1.807, 2.05) is 24.3 Å². The van der Waals surface area contributed by atoms with Crippen LogP contribution in [0.1, 0.15) is 11.1 Å². The Balaban J connectivity index is 1.79. The van der Waals surface area contributed by atoms with E-state index in [-0.39, 0.29) is 10.7 Å². The molecule has 2 aliphatic carbocycles. The number of halogens is 2. The van der Waals surface area contributed by atoms with Crippen molar-refractivity contribution in [1.29, 1.82) is 0 Å². The third kappa shape index (κ3) is 3.50. The summed E-state index contributed by atoms with van der Waals surface area (Å²) in [6, 6.07) is 20.5. The van der Waals surface area contributed by atoms with Crippen LogP contribution in [0.2, 0.25) is 5.02 Å². The highest BCUT2D eigenvalue weighted by Crippen LogP contribution is 2.49. The van der Waals surface area contributed by atoms with Gasteiger partial charge in [-0.25, -0.2) is 12.7 Å². The number of rotatable bonds is 4. The van der Waals surface area contributed by atoms with Crippen LogP contribution in [0.5, 0.6) is 0 Å². The lowest BCUT2D eigenvalue weighted by molar-refractivity contribution is -0.117. The zero-order chi connectivity index (χ0) is 23.2. The number of benzene rings is 3. The average Bonchev–Trinajstić information content (AvgIpc) is 3.12. The first kappa shape index (κ1) is 21.9. The molecule has 0 saturated heterocycles. The van der Waals surface area contributed by atoms with E-state index in [0.29, 0.717) is 16.4 Å². The van der Waals surface area contributed by atoms with Crippen molar-refractivity contribution >= 4 is 55.1 Å². The second kappa shape index (κ2) is 8.13. The van der Waals surface area contributed by atoms with E-state index in [2.05, 4.69) is 15.9 Å². The predicted octanol–water partition coefficient (Wildman–Crippen LogP) is 6.29. The molecule has 2 aliphatic rings. The summed E-state index contributed by atoms with van der Waals surface area (Å²) in [4.78, 5) is 13.6. The molecule has 33 heavy (non-hydrogen) atoms. The van der Waals surface area contributed by atoms with Crippen molar-refractivity contribution in [3.05, 3.63) is 123 Å². The second-order valence-corrected chi connectivity index (χ2v) is 10.8. The maximum absolute atomic E-state index is 14.1. The van der Waals surface area contributed by atoms with Gasteiger partial charge in [-0.15, -0.1) is 0 Å². The Bertz CT molecular complexity index is 1460. The first-order valence-electron chi connectivity index (χ1n) is 10.1. The summed E-state index contributed by atoms with van der Waals surface area (Å²) in [5.74, 6) is -0.203. The lowest BCUT2D eigenvalue weighted by Crippen LogP contribution is -2.44. The lowest BCUT2D eigenvalue weighted by atomic mass is 9.74. The summed E-state index contributed by atoms with van der Waals surface area (Å²) in [7, 11) is -4.09. The van der Waals surface area contributed by atoms with Gasteiger partial charge < -0.3 is 0 Å². The molecule has 164 valence electrons. The molecule has 0 unspecified atom stereocenters. The summed E-state index contributed by atoms with van der Waals surface area (Å²) in [5, 5.41) is 0.481. The fourth-order valence-electron chi connectivity index (χ4n) is 4.29. The van der Waals surface area contributed by atoms with Crippen LogP contribution in [-0.2, 0) is 20.2 Å². The van der Waals surface area contributed by atoms with Crippen LogP contribution in [0.4, 0.5) is 5.69 Å². The van der Waals surface area contributed by atoms with Gasteiger partial charge in [0.05, 0.1) is 16.3 Å². The lowest BCUT2D eigenvalue weighted by Gasteiger charge is -2.36. The SMILES string of the molecule is O=C1C=CC=C[C@@]12C(N(c1ccc(Cl)cc1)S(=O)(=O)c1ccc(Br)cc1)=Cc1ccccc12. The molecule has 0 aromatic heterocycles. The molecule has 3 aromatic rings. The molecular weight excluding hydrogens is 522 g/mol. The van der Waals surface area contributed by atoms with Gasteiger partial charge in [-0.1, -0.05) is 70.0 Å². The number of hydrogen-bond acceptors (Lipinski definition) is 3. The third-order valence-corrected chi connectivity index (χ3v) is 8.34. The van der Waals surface area contributed by atoms with Gasteiger partial charge in [-0.2, -0.15) is 0 Å². The Morgan fingerprint density at radius 2 is 1.58 bits per heavy atom. The van der Waals surface area contributed by atoms with Crippen molar-refractivity contribution in [3.63, 3.8) is 0 Å². The third-order valence-electron chi connectivity index (χ3n) is 5.81. The monoisotopic (exact) mass is 537 g/mol. The van der Waals surface area contributed by atoms with E-state index in [9.17, 15) is 13.2 Å². The number of carbonyl (C=O) groups excluding carboxylic acids is 1. The van der Waals surface area contributed by atoms with E-state index in [0.717, 1.165) is 15.6 Å². The molecule has 7 heteroatoms. The predicted molar refractivity (Wildman–Crippen MR) is 135 cm³/mol. The standard InChI is InChI=1S/C26H17BrClNO3S/c27-19-8-14-22(15-9-19)33(31,32)29(21-12-10-20(28)11-13-21)24-17-18-5-1-2-6-23(18)26(24)16-4-3-7-25(26)30/h1-17H/t26-/m1/s1. The Labute approximate surface area is 205 Å². The van der Waals surface area contributed by atoms with Gasteiger partial charge in [-0.05, 0) is 71.8 Å². The van der Waals surface area contributed by atoms with Crippen molar-refractivity contribution in [2.24, 2.45) is 0 Å². The summed E-state index contributed by atoms with van der Waals surface area (Å²) in [6.45, 7) is 0. The fraction of sp³-hybridized carbons (Fsp3) is 0.0385. The second-order valence-electron chi connectivity index (χ2n) is 7.71. The fourth-order valence-corrected chi connectivity index (χ4v) is 6.22. The molecule has 0 amide bonds. The molecule has 0 aliphatic heterocycles. The first-order valence-corrected chi connectivity index (χ1v) is 12.7. The average molecular weight is 539 g/mol. The van der Waals surface area contributed by atoms with E-state index in [1.54, 1.807) is 60.7 Å². The quantitative estimate of drug-likeness (QED) is 0.393. The van der Waals surface area contributed by atoms with Crippen LogP contribution in [0.15, 0.2) is 112 Å². The molecule has 0 saturated carbocycles. The Kier molecular flexibility index (Phi) is 5.40. The highest BCUT2D eigenvalue weighted by Gasteiger charge is 2.50. The number of hydrogen-bond donors (Lipinski definition) is 0. The van der Waals surface area contributed by atoms with Crippen molar-refractivity contribution < 1.29 is 13.2 Å². The van der Waals surface area contributed by atoms with Gasteiger partial charge in [0.15, 0.2) is 5.78 Å². The van der Waals surface area contributed by atoms with Crippen molar-refractivity contribution in [2.45, 2.75) is 10.3 Å². The van der Waals surface area contributed by atoms with Crippen LogP contribution in [-0.4, -0.2) is 14.2 Å². The molecule has 0 fully saturated rings. The largest absolute Gasteiger partial charge is 0.293 e. The van der Waals surface area contributed by atoms with E-state index < -0.39 is 15.4 Å². The van der Waals surface area contributed by atoms with E-state index in [4.69, 9.17) is 11.6 Å². The molecule has 1 atom stereocenters. The zero-order valence-electron chi connectivity index (χ0n) is 17.2. The van der Waals surface area contributed by atoms with Crippen LogP contribution >= 0.6 is 27.5 Å². The van der Waals surface area contributed by atoms with Gasteiger partial charge in [0, 0.05) is 9.50 Å². The molecule has 0 radical (unpaired) electrons. The zero-order valence-corrected chi connectivity index (χ0v) is 20.3. The van der Waals surface area contributed by atoms with Crippen molar-refractivity contribution in [2.75, 3.05) is 4.31 Å². The van der Waals surface area contributed by atoms with Crippen LogP contribution in [0.25, 0.3) is 6.08 Å². The van der Waals surface area contributed by atoms with E-state index >= 15 is 0 Å². The minimum atomic E-state index is -4.09. The normalized spacial score (nSPS) is 19.0. The molecule has 3 aromatic carbocycles. The Morgan fingerprint density at radius 3 is 2.27 bits per heavy atom. The highest BCUT2D eigenvalue weighted by molar-refractivity contribution is 9.10. The summed E-state index contributed by atoms with van der Waals surface area (Å²) >= 11 is 9.46. The molecule has 0 heterocycles. The number of allylic oxidation sites excluding steroid dienone is 4. The maximum atomic E-state index is 14.1. The summed E-state index contributed by atoms with van der Waals surface area (Å²) in [6.07, 6.45) is 8.49. The Hall–Kier alpha value is -2.93. The van der Waals surface area contributed by atoms with Gasteiger partial charge in [0.2, 0.25) is 0 Å². The topological polar surface area (TPSA) is 54.5 Å². The summed E-state index contributed by atoms with van der Waals surface area (Å²) in [5.41, 5.74) is 1.02. The van der Waals surface area contributed by atoms with Gasteiger partial charge in [-0.3, -0.25) is 4.79 Å². The van der Waals surface area contributed by atoms with Crippen LogP contribution < -0.4 is 4.31 Å². The molecule has 4 nitrogen and oxygen atoms in total. The molecule has 0 bridgehead atoms. The minimum absolute atomic E-state index is 0.107. The minimum Gasteiger partial charge on any atom is -0.293 e. The molecule has 5 rings (SSSR count). The van der Waals surface area contributed by atoms with E-state index in [1.165, 1.54) is 22.5 Å². The van der Waals surface area contributed by atoms with Gasteiger partial charge in [0.25, 0.3) is 10.0 Å². The van der Waals surface area contributed by atoms with Crippen LogP contribution in [0.3, 0.4) is 0 Å². The number of nitrogens with zero attached hydrogens (tertiary/aromatic N) is 1. The smallest absolute Gasteiger partial charge is 0.268 e. The van der Waals surface area contributed by atoms with Gasteiger partial charge >= 0.3 is 0 Å². The number of fused-ring (bicyclic) bond motifs is 2. The number of ketones is 1. The first-order chi connectivity index (χ1) is 15.8. The number of anilines is 1. The highest BCUT2D eigenvalue weighted by atomic mass is 79.9. The van der Waals surface area contributed by atoms with Crippen LogP contribution in [0, 0.1) is 0 Å². The molecular formula is C26H17BrClNO3S. The maximum Gasteiger partial charge on any atom is 0.268 e. The van der Waals surface area contributed by atoms with Gasteiger partial charge in [0.1, 0.15) is 5.41 Å². The molecule has 1 spiro atoms. The Morgan fingerprint density at radius 1 is 0.879 bits per heavy atom.